The van der Waals surface area contributed by atoms with Gasteiger partial charge < -0.3 is 0 Å². The van der Waals surface area contributed by atoms with E-state index in [1.165, 1.54) is 0 Å². The van der Waals surface area contributed by atoms with Crippen LogP contribution in [-0.4, -0.2) is 8.80 Å². The minimum absolute atomic E-state index is 0. The summed E-state index contributed by atoms with van der Waals surface area (Å²) in [5.41, 5.74) is 0. The van der Waals surface area contributed by atoms with Gasteiger partial charge >= 0.3 is 0 Å². The van der Waals surface area contributed by atoms with Crippen LogP contribution in [0, 0.1) is 0 Å². The Morgan fingerprint density at radius 1 is 1.00 bits per heavy atom. The van der Waals surface area contributed by atoms with Gasteiger partial charge in [0.2, 0.25) is 0 Å². The first-order valence-corrected chi connectivity index (χ1v) is 4.50. The molecule has 0 unspecified atom stereocenters. The van der Waals surface area contributed by atoms with Gasteiger partial charge in [-0.25, -0.2) is 0 Å². The van der Waals surface area contributed by atoms with Crippen LogP contribution in [0.25, 0.3) is 0 Å². The summed E-state index contributed by atoms with van der Waals surface area (Å²) in [6.07, 6.45) is 0. The molecule has 0 saturated heterocycles. The van der Waals surface area contributed by atoms with Crippen molar-refractivity contribution in [3.63, 3.8) is 0 Å². The van der Waals surface area contributed by atoms with E-state index in [4.69, 9.17) is 0 Å². The fraction of sp³-hybridized carbons (Fsp3) is 1.00. The second-order valence-electron chi connectivity index (χ2n) is 1.50. The normalized spacial score (nSPS) is 6.00. The van der Waals surface area contributed by atoms with E-state index >= 15 is 0 Å². The fourth-order valence-electron chi connectivity index (χ4n) is 0. The third-order valence-electron chi connectivity index (χ3n) is 0. The monoisotopic (exact) mass is 178 g/mol. The first kappa shape index (κ1) is 15.7. The van der Waals surface area contributed by atoms with Gasteiger partial charge in [-0.1, -0.05) is 27.1 Å². The predicted octanol–water partition coefficient (Wildman–Crippen LogP) is 2.00. The Hall–Kier alpha value is 1.32. The summed E-state index contributed by atoms with van der Waals surface area (Å²) in [5.74, 6) is 0. The van der Waals surface area contributed by atoms with Crippen LogP contribution < -0.4 is 0 Å². The van der Waals surface area contributed by atoms with Crippen LogP contribution in [-0.2, 0) is 32.7 Å². The summed E-state index contributed by atoms with van der Waals surface area (Å²) in [6, 6.07) is 0. The zero-order chi connectivity index (χ0) is 3.58. The second kappa shape index (κ2) is 9.59. The molecule has 0 bridgehead atoms. The molecule has 0 aromatic carbocycles. The standard InChI is InChI=1S/C3H9Si.CH4.Y/c1-4(2)3;;/h1-3H3;1H4;. The van der Waals surface area contributed by atoms with Gasteiger partial charge in [0.05, 0.1) is 0 Å². The van der Waals surface area contributed by atoms with Crippen LogP contribution in [0.3, 0.4) is 0 Å². The third kappa shape index (κ3) is 56.9. The first-order valence-electron chi connectivity index (χ1n) is 1.50. The molecule has 2 radical (unpaired) electrons. The molecule has 0 aromatic rings. The van der Waals surface area contributed by atoms with Crippen LogP contribution in [0.4, 0.5) is 0 Å². The second-order valence-corrected chi connectivity index (χ2v) is 4.50. The quantitative estimate of drug-likeness (QED) is 0.498. The van der Waals surface area contributed by atoms with E-state index in [9.17, 15) is 0 Å². The van der Waals surface area contributed by atoms with Crippen LogP contribution in [0.2, 0.25) is 19.6 Å². The average molecular weight is 178 g/mol. The van der Waals surface area contributed by atoms with Gasteiger partial charge in [-0.05, 0) is 0 Å². The molecule has 0 aromatic heterocycles. The molecule has 6 heavy (non-hydrogen) atoms. The Bertz CT molecular complexity index is 12.3. The Morgan fingerprint density at radius 2 is 1.00 bits per heavy atom. The Labute approximate surface area is 68.2 Å². The fourth-order valence-corrected chi connectivity index (χ4v) is 0. The van der Waals surface area contributed by atoms with E-state index in [1.807, 2.05) is 0 Å². The number of rotatable bonds is 0. The summed E-state index contributed by atoms with van der Waals surface area (Å²) >= 11 is 0. The van der Waals surface area contributed by atoms with Gasteiger partial charge in [-0.15, -0.1) is 0 Å². The van der Waals surface area contributed by atoms with Gasteiger partial charge in [0.25, 0.3) is 0 Å². The summed E-state index contributed by atoms with van der Waals surface area (Å²) in [5, 5.41) is 0. The van der Waals surface area contributed by atoms with E-state index in [2.05, 4.69) is 19.6 Å². The van der Waals surface area contributed by atoms with Crippen molar-refractivity contribution in [1.29, 1.82) is 0 Å². The maximum atomic E-state index is 2.27. The Balaban J connectivity index is -0.0000000450. The third-order valence-corrected chi connectivity index (χ3v) is 0. The molecule has 0 amide bonds. The predicted molar refractivity (Wildman–Crippen MR) is 30.1 cm³/mol. The summed E-state index contributed by atoms with van der Waals surface area (Å²) in [4.78, 5) is 0. The molecular weight excluding hydrogens is 165 g/mol. The van der Waals surface area contributed by atoms with Gasteiger partial charge in [0, 0.05) is 41.5 Å². The Kier molecular flexibility index (Phi) is 25.0. The molecule has 0 aliphatic rings. The smallest absolute Gasteiger partial charge is 0.0379 e. The van der Waals surface area contributed by atoms with Crippen molar-refractivity contribution < 1.29 is 32.7 Å². The van der Waals surface area contributed by atoms with E-state index in [0.29, 0.717) is 0 Å². The molecule has 2 heteroatoms. The molecule has 0 aliphatic heterocycles. The molecular formula is C4H13SiY. The molecule has 0 atom stereocenters. The zero-order valence-electron chi connectivity index (χ0n) is 4.08. The van der Waals surface area contributed by atoms with Crippen molar-refractivity contribution in [2.24, 2.45) is 0 Å². The minimum atomic E-state index is 0. The van der Waals surface area contributed by atoms with Crippen molar-refractivity contribution >= 4 is 8.80 Å². The molecule has 0 N–H and O–H groups in total. The molecule has 0 spiro atoms. The minimum Gasteiger partial charge on any atom is -0.0776 e. The van der Waals surface area contributed by atoms with Crippen molar-refractivity contribution in [2.75, 3.05) is 0 Å². The van der Waals surface area contributed by atoms with Gasteiger partial charge in [0.15, 0.2) is 0 Å². The van der Waals surface area contributed by atoms with Gasteiger partial charge in [0.1, 0.15) is 0 Å². The molecule has 0 fully saturated rings. The first-order chi connectivity index (χ1) is 1.73. The van der Waals surface area contributed by atoms with E-state index < -0.39 is 0 Å². The SMILES string of the molecule is C.C[Si](C)C.[Y]. The molecule has 36 valence electrons. The molecule has 0 aliphatic carbocycles. The van der Waals surface area contributed by atoms with E-state index in [-0.39, 0.29) is 48.9 Å². The molecule has 0 saturated carbocycles. The van der Waals surface area contributed by atoms with E-state index in [1.54, 1.807) is 0 Å². The molecule has 0 nitrogen and oxygen atoms in total. The van der Waals surface area contributed by atoms with Crippen LogP contribution in [0.15, 0.2) is 0 Å². The Morgan fingerprint density at radius 3 is 1.00 bits per heavy atom. The van der Waals surface area contributed by atoms with Gasteiger partial charge in [-0.2, -0.15) is 0 Å². The maximum absolute atomic E-state index is 2.27. The largest absolute Gasteiger partial charge is 0.0776 e. The molecule has 0 heterocycles. The number of hydrogen-bond acceptors (Lipinski definition) is 0. The van der Waals surface area contributed by atoms with Crippen LogP contribution >= 0.6 is 0 Å². The summed E-state index contributed by atoms with van der Waals surface area (Å²) in [6.45, 7) is 6.81. The van der Waals surface area contributed by atoms with Crippen molar-refractivity contribution in [1.82, 2.24) is 0 Å². The van der Waals surface area contributed by atoms with Crippen molar-refractivity contribution in [3.8, 4) is 0 Å². The topological polar surface area (TPSA) is 0 Å². The zero-order valence-corrected chi connectivity index (χ0v) is 7.92. The summed E-state index contributed by atoms with van der Waals surface area (Å²) < 4.78 is 0. The average Bonchev–Trinajstić information content (AvgIpc) is 0.811. The van der Waals surface area contributed by atoms with Crippen LogP contribution in [0.5, 0.6) is 0 Å². The summed E-state index contributed by atoms with van der Waals surface area (Å²) in [7, 11) is 0.120. The van der Waals surface area contributed by atoms with Gasteiger partial charge in [-0.3, -0.25) is 0 Å². The number of hydrogen-bond donors (Lipinski definition) is 0. The van der Waals surface area contributed by atoms with Crippen LogP contribution in [0.1, 0.15) is 7.43 Å². The van der Waals surface area contributed by atoms with Crippen molar-refractivity contribution in [2.45, 2.75) is 27.1 Å². The molecule has 0 rings (SSSR count). The van der Waals surface area contributed by atoms with E-state index in [0.717, 1.165) is 0 Å². The maximum Gasteiger partial charge on any atom is 0.0379 e. The van der Waals surface area contributed by atoms with Crippen molar-refractivity contribution in [3.05, 3.63) is 0 Å².